The molecule has 0 N–H and O–H groups in total. The molecule has 0 atom stereocenters. The van der Waals surface area contributed by atoms with E-state index in [1.165, 1.54) is 24.3 Å². The van der Waals surface area contributed by atoms with E-state index in [2.05, 4.69) is 4.98 Å². The van der Waals surface area contributed by atoms with Crippen molar-refractivity contribution in [1.29, 1.82) is 0 Å². The third-order valence-corrected chi connectivity index (χ3v) is 3.96. The number of aromatic nitrogens is 1. The topological polar surface area (TPSA) is 91.6 Å². The van der Waals surface area contributed by atoms with Gasteiger partial charge in [-0.15, -0.1) is 0 Å². The highest BCUT2D eigenvalue weighted by atomic mass is 16.6. The monoisotopic (exact) mass is 390 g/mol. The zero-order valence-corrected chi connectivity index (χ0v) is 15.6. The number of nitro groups is 1. The van der Waals surface area contributed by atoms with E-state index in [4.69, 9.17) is 9.47 Å². The van der Waals surface area contributed by atoms with Crippen molar-refractivity contribution in [3.05, 3.63) is 93.8 Å². The average Bonchev–Trinajstić information content (AvgIpc) is 2.74. The van der Waals surface area contributed by atoms with Crippen LogP contribution >= 0.6 is 0 Å². The Morgan fingerprint density at radius 2 is 1.69 bits per heavy atom. The number of hydrogen-bond acceptors (Lipinski definition) is 6. The largest absolute Gasteiger partial charge is 0.490 e. The summed E-state index contributed by atoms with van der Waals surface area (Å²) in [5.41, 5.74) is 1.99. The first kappa shape index (κ1) is 19.8. The summed E-state index contributed by atoms with van der Waals surface area (Å²) in [6, 6.07) is 14.2. The number of pyridine rings is 1. The molecule has 0 aliphatic rings. The van der Waals surface area contributed by atoms with Crippen LogP contribution in [0.3, 0.4) is 0 Å². The maximum Gasteiger partial charge on any atom is 0.343 e. The van der Waals surface area contributed by atoms with E-state index in [1.807, 2.05) is 31.2 Å². The van der Waals surface area contributed by atoms with E-state index >= 15 is 0 Å². The lowest BCUT2D eigenvalue weighted by atomic mass is 10.1. The quantitative estimate of drug-likeness (QED) is 0.250. The fourth-order valence-electron chi connectivity index (χ4n) is 2.53. The zero-order chi connectivity index (χ0) is 20.6. The van der Waals surface area contributed by atoms with Gasteiger partial charge in [-0.3, -0.25) is 15.1 Å². The van der Waals surface area contributed by atoms with Crippen LogP contribution in [0, 0.1) is 10.1 Å². The molecule has 1 aromatic heterocycles. The van der Waals surface area contributed by atoms with Gasteiger partial charge in [0.15, 0.2) is 11.5 Å². The van der Waals surface area contributed by atoms with Crippen molar-refractivity contribution in [2.24, 2.45) is 0 Å². The number of carbonyl (C=O) groups is 1. The Morgan fingerprint density at radius 1 is 1.00 bits per heavy atom. The highest BCUT2D eigenvalue weighted by molar-refractivity contribution is 5.91. The van der Waals surface area contributed by atoms with Crippen LogP contribution in [0.2, 0.25) is 0 Å². The van der Waals surface area contributed by atoms with Crippen molar-refractivity contribution in [3.63, 3.8) is 0 Å². The Hall–Kier alpha value is -4.00. The Morgan fingerprint density at radius 3 is 2.34 bits per heavy atom. The number of rotatable bonds is 7. The summed E-state index contributed by atoms with van der Waals surface area (Å²) < 4.78 is 11.0. The molecule has 1 heterocycles. The minimum Gasteiger partial charge on any atom is -0.490 e. The number of ether oxygens (including phenoxy) is 2. The van der Waals surface area contributed by atoms with Crippen LogP contribution in [-0.2, 0) is 0 Å². The lowest BCUT2D eigenvalue weighted by Crippen LogP contribution is -2.09. The zero-order valence-electron chi connectivity index (χ0n) is 15.6. The highest BCUT2D eigenvalue weighted by Crippen LogP contribution is 2.30. The third kappa shape index (κ3) is 5.26. The minimum atomic E-state index is -0.624. The number of hydrogen-bond donors (Lipinski definition) is 0. The van der Waals surface area contributed by atoms with Crippen LogP contribution in [-0.4, -0.2) is 22.5 Å². The van der Waals surface area contributed by atoms with Crippen molar-refractivity contribution in [3.8, 4) is 11.5 Å². The van der Waals surface area contributed by atoms with E-state index in [-0.39, 0.29) is 17.0 Å². The van der Waals surface area contributed by atoms with Crippen LogP contribution in [0.25, 0.3) is 12.2 Å². The van der Waals surface area contributed by atoms with Crippen LogP contribution in [0.1, 0.15) is 28.4 Å². The van der Waals surface area contributed by atoms with Crippen LogP contribution in [0.15, 0.2) is 67.0 Å². The molecule has 7 nitrogen and oxygen atoms in total. The second-order valence-electron chi connectivity index (χ2n) is 5.95. The van der Waals surface area contributed by atoms with Crippen molar-refractivity contribution in [2.45, 2.75) is 6.92 Å². The molecule has 0 spiro atoms. The van der Waals surface area contributed by atoms with Gasteiger partial charge in [-0.05, 0) is 54.4 Å². The van der Waals surface area contributed by atoms with Gasteiger partial charge in [-0.2, -0.15) is 0 Å². The summed E-state index contributed by atoms with van der Waals surface area (Å²) in [5, 5.41) is 10.7. The van der Waals surface area contributed by atoms with Gasteiger partial charge in [0, 0.05) is 24.5 Å². The van der Waals surface area contributed by atoms with Crippen molar-refractivity contribution < 1.29 is 19.2 Å². The van der Waals surface area contributed by atoms with E-state index in [0.717, 1.165) is 11.1 Å². The smallest absolute Gasteiger partial charge is 0.343 e. The second-order valence-corrected chi connectivity index (χ2v) is 5.95. The molecule has 146 valence electrons. The summed E-state index contributed by atoms with van der Waals surface area (Å²) in [7, 11) is 0. The molecular formula is C22H18N2O5. The molecule has 0 aliphatic carbocycles. The predicted octanol–water partition coefficient (Wildman–Crippen LogP) is 4.78. The van der Waals surface area contributed by atoms with Gasteiger partial charge in [0.1, 0.15) is 0 Å². The Labute approximate surface area is 167 Å². The van der Waals surface area contributed by atoms with Crippen molar-refractivity contribution in [1.82, 2.24) is 4.98 Å². The molecule has 29 heavy (non-hydrogen) atoms. The van der Waals surface area contributed by atoms with E-state index in [0.29, 0.717) is 12.4 Å². The molecule has 0 unspecified atom stereocenters. The lowest BCUT2D eigenvalue weighted by Gasteiger charge is -2.11. The molecule has 0 bridgehead atoms. The third-order valence-electron chi connectivity index (χ3n) is 3.96. The normalized spacial score (nSPS) is 10.7. The van der Waals surface area contributed by atoms with Crippen LogP contribution in [0.5, 0.6) is 11.5 Å². The fourth-order valence-corrected chi connectivity index (χ4v) is 2.53. The first-order chi connectivity index (χ1) is 14.1. The standard InChI is InChI=1S/C22H18N2O5/c1-2-28-21-15-17(4-3-16-11-13-23-14-12-16)5-10-20(21)29-22(25)18-6-8-19(9-7-18)24(26)27/h3-15H,2H2,1H3/b4-3+. The Balaban J connectivity index is 1.78. The van der Waals surface area contributed by atoms with Gasteiger partial charge in [0.2, 0.25) is 0 Å². The first-order valence-corrected chi connectivity index (χ1v) is 8.88. The number of non-ortho nitro benzene ring substituents is 1. The second kappa shape index (κ2) is 9.27. The summed E-state index contributed by atoms with van der Waals surface area (Å²) >= 11 is 0. The van der Waals surface area contributed by atoms with Gasteiger partial charge >= 0.3 is 5.97 Å². The van der Waals surface area contributed by atoms with Crippen molar-refractivity contribution >= 4 is 23.8 Å². The molecule has 3 rings (SSSR count). The number of nitrogens with zero attached hydrogens (tertiary/aromatic N) is 2. The van der Waals surface area contributed by atoms with Gasteiger partial charge in [-0.25, -0.2) is 4.79 Å². The molecule has 0 fully saturated rings. The Kier molecular flexibility index (Phi) is 6.32. The SMILES string of the molecule is CCOc1cc(/C=C/c2ccncc2)ccc1OC(=O)c1ccc([N+](=O)[O-])cc1. The molecule has 0 saturated carbocycles. The van der Waals surface area contributed by atoms with Gasteiger partial charge in [0.05, 0.1) is 17.1 Å². The van der Waals surface area contributed by atoms with E-state index in [9.17, 15) is 14.9 Å². The molecule has 2 aromatic carbocycles. The molecule has 3 aromatic rings. The molecule has 0 saturated heterocycles. The fraction of sp³-hybridized carbons (Fsp3) is 0.0909. The maximum atomic E-state index is 12.4. The first-order valence-electron chi connectivity index (χ1n) is 8.88. The lowest BCUT2D eigenvalue weighted by molar-refractivity contribution is -0.384. The van der Waals surface area contributed by atoms with Gasteiger partial charge < -0.3 is 9.47 Å². The van der Waals surface area contributed by atoms with E-state index < -0.39 is 10.9 Å². The molecular weight excluding hydrogens is 372 g/mol. The van der Waals surface area contributed by atoms with Crippen LogP contribution in [0.4, 0.5) is 5.69 Å². The summed E-state index contributed by atoms with van der Waals surface area (Å²) in [6.07, 6.45) is 7.28. The maximum absolute atomic E-state index is 12.4. The molecule has 0 aliphatic heterocycles. The van der Waals surface area contributed by atoms with Gasteiger partial charge in [-0.1, -0.05) is 18.2 Å². The number of carbonyl (C=O) groups excluding carboxylic acids is 1. The van der Waals surface area contributed by atoms with Crippen LogP contribution < -0.4 is 9.47 Å². The number of benzene rings is 2. The van der Waals surface area contributed by atoms with E-state index in [1.54, 1.807) is 30.6 Å². The predicted molar refractivity (Wildman–Crippen MR) is 109 cm³/mol. The van der Waals surface area contributed by atoms with Crippen molar-refractivity contribution in [2.75, 3.05) is 6.61 Å². The summed E-state index contributed by atoms with van der Waals surface area (Å²) in [4.78, 5) is 26.6. The molecule has 0 radical (unpaired) electrons. The summed E-state index contributed by atoms with van der Waals surface area (Å²) in [6.45, 7) is 2.24. The highest BCUT2D eigenvalue weighted by Gasteiger charge is 2.14. The number of esters is 1. The Bertz CT molecular complexity index is 1030. The summed E-state index contributed by atoms with van der Waals surface area (Å²) in [5.74, 6) is 0.0804. The minimum absolute atomic E-state index is 0.0955. The average molecular weight is 390 g/mol. The molecule has 0 amide bonds. The number of nitro benzene ring substituents is 1. The van der Waals surface area contributed by atoms with Gasteiger partial charge in [0.25, 0.3) is 5.69 Å². The molecule has 7 heteroatoms.